The lowest BCUT2D eigenvalue weighted by molar-refractivity contribution is -0.136. The molecule has 0 aliphatic carbocycles. The Bertz CT molecular complexity index is 958. The highest BCUT2D eigenvalue weighted by atomic mass is 35.5. The molecule has 0 saturated carbocycles. The molecule has 0 radical (unpaired) electrons. The van der Waals surface area contributed by atoms with E-state index in [0.29, 0.717) is 17.0 Å². The molecule has 3 rings (SSSR count). The van der Waals surface area contributed by atoms with Crippen molar-refractivity contribution in [3.63, 3.8) is 0 Å². The lowest BCUT2D eigenvalue weighted by atomic mass is 10.1. The van der Waals surface area contributed by atoms with Crippen LogP contribution in [-0.2, 0) is 11.2 Å². The maximum atomic E-state index is 11.8. The lowest BCUT2D eigenvalue weighted by Crippen LogP contribution is -2.06. The molecular weight excluding hydrogens is 350 g/mol. The standard InChI is InChI=1S/C21H18ClNO3/c1-14(24)16-3-2-4-19(13-16)23-18(10-12-21(25)26)9-11-20(23)15-5-7-17(22)8-6-15/h2-9,11,13H,10,12H2,1H3,(H,25,26). The molecule has 0 atom stereocenters. The Hall–Kier alpha value is -2.85. The number of nitrogens with zero attached hydrogens (tertiary/aromatic N) is 1. The van der Waals surface area contributed by atoms with Gasteiger partial charge in [0.05, 0.1) is 12.1 Å². The van der Waals surface area contributed by atoms with Crippen molar-refractivity contribution in [3.8, 4) is 16.9 Å². The van der Waals surface area contributed by atoms with E-state index in [1.807, 2.05) is 59.2 Å². The minimum Gasteiger partial charge on any atom is -0.481 e. The average Bonchev–Trinajstić information content (AvgIpc) is 3.04. The fourth-order valence-electron chi connectivity index (χ4n) is 2.92. The van der Waals surface area contributed by atoms with Crippen LogP contribution in [0.3, 0.4) is 0 Å². The number of hydrogen-bond donors (Lipinski definition) is 1. The van der Waals surface area contributed by atoms with E-state index in [1.165, 1.54) is 6.92 Å². The van der Waals surface area contributed by atoms with E-state index in [2.05, 4.69) is 0 Å². The van der Waals surface area contributed by atoms with Crippen molar-refractivity contribution in [3.05, 3.63) is 76.9 Å². The number of Topliss-reactive ketones (excluding diaryl/α,β-unsaturated/α-hetero) is 1. The fourth-order valence-corrected chi connectivity index (χ4v) is 3.05. The van der Waals surface area contributed by atoms with Crippen molar-refractivity contribution in [2.24, 2.45) is 0 Å². The first-order valence-corrected chi connectivity index (χ1v) is 8.63. The van der Waals surface area contributed by atoms with Crippen LogP contribution in [0.5, 0.6) is 0 Å². The summed E-state index contributed by atoms with van der Waals surface area (Å²) < 4.78 is 2.00. The van der Waals surface area contributed by atoms with Gasteiger partial charge in [-0.15, -0.1) is 0 Å². The first-order chi connectivity index (χ1) is 12.5. The molecule has 0 saturated heterocycles. The minimum absolute atomic E-state index is 0.0147. The van der Waals surface area contributed by atoms with Crippen LogP contribution < -0.4 is 0 Å². The number of benzene rings is 2. The van der Waals surface area contributed by atoms with Gasteiger partial charge in [-0.1, -0.05) is 35.9 Å². The van der Waals surface area contributed by atoms with Crippen molar-refractivity contribution in [1.82, 2.24) is 4.57 Å². The monoisotopic (exact) mass is 367 g/mol. The van der Waals surface area contributed by atoms with Crippen molar-refractivity contribution in [1.29, 1.82) is 0 Å². The van der Waals surface area contributed by atoms with Gasteiger partial charge in [0.1, 0.15) is 0 Å². The molecule has 3 aromatic rings. The van der Waals surface area contributed by atoms with Crippen LogP contribution in [0.1, 0.15) is 29.4 Å². The normalized spacial score (nSPS) is 10.7. The van der Waals surface area contributed by atoms with Gasteiger partial charge < -0.3 is 9.67 Å². The van der Waals surface area contributed by atoms with Crippen molar-refractivity contribution in [2.75, 3.05) is 0 Å². The molecule has 1 heterocycles. The van der Waals surface area contributed by atoms with Gasteiger partial charge in [-0.25, -0.2) is 0 Å². The molecule has 1 N–H and O–H groups in total. The van der Waals surface area contributed by atoms with Crippen LogP contribution in [0.25, 0.3) is 16.9 Å². The summed E-state index contributed by atoms with van der Waals surface area (Å²) in [5, 5.41) is 9.69. The number of aromatic nitrogens is 1. The summed E-state index contributed by atoms with van der Waals surface area (Å²) in [5.41, 5.74) is 4.19. The van der Waals surface area contributed by atoms with Gasteiger partial charge >= 0.3 is 5.97 Å². The smallest absolute Gasteiger partial charge is 0.303 e. The van der Waals surface area contributed by atoms with E-state index >= 15 is 0 Å². The zero-order chi connectivity index (χ0) is 18.7. The summed E-state index contributed by atoms with van der Waals surface area (Å²) in [5.74, 6) is -0.859. The third kappa shape index (κ3) is 3.86. The molecule has 1 aromatic heterocycles. The minimum atomic E-state index is -0.844. The zero-order valence-electron chi connectivity index (χ0n) is 14.3. The van der Waals surface area contributed by atoms with Gasteiger partial charge in [0, 0.05) is 22.0 Å². The molecule has 0 aliphatic rings. The molecule has 0 unspecified atom stereocenters. The van der Waals surface area contributed by atoms with Crippen LogP contribution in [0.15, 0.2) is 60.7 Å². The first-order valence-electron chi connectivity index (χ1n) is 8.25. The maximum absolute atomic E-state index is 11.8. The Morgan fingerprint density at radius 3 is 2.42 bits per heavy atom. The van der Waals surface area contributed by atoms with Crippen molar-refractivity contribution in [2.45, 2.75) is 19.8 Å². The zero-order valence-corrected chi connectivity index (χ0v) is 15.0. The topological polar surface area (TPSA) is 59.3 Å². The predicted molar refractivity (Wildman–Crippen MR) is 102 cm³/mol. The summed E-state index contributed by atoms with van der Waals surface area (Å²) in [4.78, 5) is 22.8. The SMILES string of the molecule is CC(=O)c1cccc(-n2c(CCC(=O)O)ccc2-c2ccc(Cl)cc2)c1. The molecule has 5 heteroatoms. The number of hydrogen-bond acceptors (Lipinski definition) is 2. The van der Waals surface area contributed by atoms with E-state index in [-0.39, 0.29) is 12.2 Å². The van der Waals surface area contributed by atoms with E-state index in [1.54, 1.807) is 6.07 Å². The van der Waals surface area contributed by atoms with Crippen molar-refractivity contribution < 1.29 is 14.7 Å². The number of halogens is 1. The molecule has 0 aliphatic heterocycles. The third-order valence-corrected chi connectivity index (χ3v) is 4.46. The Balaban J connectivity index is 2.14. The van der Waals surface area contributed by atoms with Gasteiger partial charge in [-0.05, 0) is 55.3 Å². The molecular formula is C21H18ClNO3. The summed E-state index contributed by atoms with van der Waals surface area (Å²) in [6.45, 7) is 1.53. The summed E-state index contributed by atoms with van der Waals surface area (Å²) in [7, 11) is 0. The van der Waals surface area contributed by atoms with E-state index in [4.69, 9.17) is 16.7 Å². The second-order valence-electron chi connectivity index (χ2n) is 6.05. The second-order valence-corrected chi connectivity index (χ2v) is 6.49. The number of aliphatic carboxylic acids is 1. The van der Waals surface area contributed by atoms with Gasteiger partial charge in [0.2, 0.25) is 0 Å². The maximum Gasteiger partial charge on any atom is 0.303 e. The Kier molecular flexibility index (Phi) is 5.24. The van der Waals surface area contributed by atoms with Gasteiger partial charge in [0.25, 0.3) is 0 Å². The van der Waals surface area contributed by atoms with Crippen LogP contribution in [0.2, 0.25) is 5.02 Å². The largest absolute Gasteiger partial charge is 0.481 e. The van der Waals surface area contributed by atoms with Gasteiger partial charge in [-0.3, -0.25) is 9.59 Å². The number of carbonyl (C=O) groups is 2. The predicted octanol–water partition coefficient (Wildman–Crippen LogP) is 5.02. The summed E-state index contributed by atoms with van der Waals surface area (Å²) in [6, 6.07) is 18.7. The molecule has 2 aromatic carbocycles. The molecule has 0 bridgehead atoms. The average molecular weight is 368 g/mol. The molecule has 0 amide bonds. The number of carbonyl (C=O) groups excluding carboxylic acids is 1. The lowest BCUT2D eigenvalue weighted by Gasteiger charge is -2.15. The molecule has 4 nitrogen and oxygen atoms in total. The Morgan fingerprint density at radius 1 is 1.04 bits per heavy atom. The molecule has 0 fully saturated rings. The van der Waals surface area contributed by atoms with Gasteiger partial charge in [-0.2, -0.15) is 0 Å². The first kappa shape index (κ1) is 18.0. The van der Waals surface area contributed by atoms with Crippen LogP contribution in [-0.4, -0.2) is 21.4 Å². The van der Waals surface area contributed by atoms with Crippen molar-refractivity contribution >= 4 is 23.4 Å². The molecule has 26 heavy (non-hydrogen) atoms. The number of rotatable bonds is 6. The van der Waals surface area contributed by atoms with E-state index in [9.17, 15) is 9.59 Å². The number of ketones is 1. The van der Waals surface area contributed by atoms with E-state index < -0.39 is 5.97 Å². The van der Waals surface area contributed by atoms with Crippen LogP contribution in [0, 0.1) is 0 Å². The van der Waals surface area contributed by atoms with Gasteiger partial charge in [0.15, 0.2) is 5.78 Å². The highest BCUT2D eigenvalue weighted by Crippen LogP contribution is 2.29. The summed E-state index contributed by atoms with van der Waals surface area (Å²) >= 11 is 5.99. The second kappa shape index (κ2) is 7.58. The van der Waals surface area contributed by atoms with Crippen LogP contribution >= 0.6 is 11.6 Å². The quantitative estimate of drug-likeness (QED) is 0.622. The number of aryl methyl sites for hydroxylation is 1. The molecule has 0 spiro atoms. The third-order valence-electron chi connectivity index (χ3n) is 4.21. The number of carboxylic acid groups (broad SMARTS) is 1. The molecule has 132 valence electrons. The fraction of sp³-hybridized carbons (Fsp3) is 0.143. The number of carboxylic acids is 1. The van der Waals surface area contributed by atoms with Crippen LogP contribution in [0.4, 0.5) is 0 Å². The Labute approximate surface area is 156 Å². The van der Waals surface area contributed by atoms with E-state index in [0.717, 1.165) is 22.6 Å². The summed E-state index contributed by atoms with van der Waals surface area (Å²) in [6.07, 6.45) is 0.434. The highest BCUT2D eigenvalue weighted by molar-refractivity contribution is 6.30. The highest BCUT2D eigenvalue weighted by Gasteiger charge is 2.14. The Morgan fingerprint density at radius 2 is 1.77 bits per heavy atom.